The largest absolute Gasteiger partial charge is 0.467 e. The number of esters is 2. The Balaban J connectivity index is 0.000000782. The molecule has 17 heteroatoms. The molecule has 1 aromatic heterocycles. The number of para-hydroxylation sites is 1. The molecule has 8 N–H and O–H groups in total. The number of ether oxygens (including phenoxy) is 3. The summed E-state index contributed by atoms with van der Waals surface area (Å²) >= 11 is 0. The summed E-state index contributed by atoms with van der Waals surface area (Å²) in [5, 5.41) is 63.2. The van der Waals surface area contributed by atoms with Gasteiger partial charge in [-0.25, -0.2) is 9.59 Å². The van der Waals surface area contributed by atoms with E-state index in [1.807, 2.05) is 30.3 Å². The molecule has 15 nitrogen and oxygen atoms in total. The van der Waals surface area contributed by atoms with Crippen LogP contribution in [0.15, 0.2) is 125 Å². The van der Waals surface area contributed by atoms with Crippen LogP contribution in [-0.2, 0) is 23.8 Å². The van der Waals surface area contributed by atoms with Crippen LogP contribution in [0.25, 0.3) is 0 Å². The van der Waals surface area contributed by atoms with Crippen LogP contribution in [0, 0.1) is 105 Å². The topological polar surface area (TPSA) is 248 Å². The van der Waals surface area contributed by atoms with Crippen molar-refractivity contribution >= 4 is 29.3 Å². The number of nitrogens with two attached hydrogens (primary N) is 1. The first-order chi connectivity index (χ1) is 29.4. The molecule has 3 aromatic carbocycles. The normalized spacial score (nSPS) is 30.8. The molecule has 8 rings (SSSR count). The summed E-state index contributed by atoms with van der Waals surface area (Å²) in [7, 11) is 0. The number of amides is 1. The minimum atomic E-state index is -2.31. The number of hydrogen-bond acceptors (Lipinski definition) is 14. The van der Waals surface area contributed by atoms with Gasteiger partial charge in [0.05, 0.1) is 36.1 Å². The number of carbonyl (C=O) groups is 4. The number of rotatable bonds is 8. The quantitative estimate of drug-likeness (QED) is 0.0760. The second-order valence-electron chi connectivity index (χ2n) is 17.2. The zero-order valence-electron chi connectivity index (χ0n) is 35.9. The molecule has 1 aliphatic heterocycles. The number of fused-ring (bicyclic) bond motifs is 5. The van der Waals surface area contributed by atoms with Crippen molar-refractivity contribution in [2.75, 3.05) is 12.3 Å². The summed E-state index contributed by atoms with van der Waals surface area (Å²) in [6.07, 6.45) is -9.13. The number of aliphatic hydroxyl groups excluding tert-OH is 3. The zero-order chi connectivity index (χ0) is 44.8. The van der Waals surface area contributed by atoms with Gasteiger partial charge in [0.1, 0.15) is 41.3 Å². The molecule has 3 fully saturated rings. The third-order valence-corrected chi connectivity index (χ3v) is 13.4. The maximum absolute atomic E-state index is 14.7. The fraction of sp³-hybridized carbons (Fsp3) is 0.404. The third kappa shape index (κ3) is 9.38. The number of anilines is 1. The predicted octanol–water partition coefficient (Wildman–Crippen LogP) is 3.46. The Morgan fingerprint density at radius 2 is 1.42 bits per heavy atom. The smallest absolute Gasteiger partial charge is 0.338 e. The van der Waals surface area contributed by atoms with Gasteiger partial charge in [-0.05, 0) is 73.5 Å². The van der Waals surface area contributed by atoms with Gasteiger partial charge in [-0.1, -0.05) is 68.4 Å². The van der Waals surface area contributed by atoms with E-state index in [0.717, 1.165) is 5.69 Å². The zero-order valence-corrected chi connectivity index (χ0v) is 45.4. The van der Waals surface area contributed by atoms with Gasteiger partial charge in [-0.2, -0.15) is 0 Å². The molecule has 1 saturated heterocycles. The molecule has 3 aliphatic carbocycles. The van der Waals surface area contributed by atoms with Crippen molar-refractivity contribution in [2.24, 2.45) is 16.7 Å². The summed E-state index contributed by atoms with van der Waals surface area (Å²) in [6, 6.07) is 27.0. The molecule has 11 atom stereocenters. The molecule has 2 bridgehead atoms. The van der Waals surface area contributed by atoms with E-state index in [9.17, 15) is 44.7 Å². The van der Waals surface area contributed by atoms with Crippen LogP contribution < -0.4 is 11.1 Å². The van der Waals surface area contributed by atoms with Crippen LogP contribution in [0.3, 0.4) is 0 Å². The van der Waals surface area contributed by atoms with Crippen molar-refractivity contribution in [2.45, 2.75) is 94.4 Å². The van der Waals surface area contributed by atoms with Gasteiger partial charge < -0.3 is 55.2 Å². The molecule has 0 spiro atoms. The number of aliphatic hydroxyl groups is 5. The van der Waals surface area contributed by atoms with E-state index in [-0.39, 0.29) is 129 Å². The Hall–Kier alpha value is -2.80. The summed E-state index contributed by atoms with van der Waals surface area (Å²) in [5.74, 6) is -5.17. The fourth-order valence-electron chi connectivity index (χ4n) is 9.76. The average molecular weight is 1310 g/mol. The van der Waals surface area contributed by atoms with Gasteiger partial charge in [0.25, 0.3) is 5.91 Å². The van der Waals surface area contributed by atoms with Gasteiger partial charge in [-0.3, -0.25) is 9.59 Å². The first-order valence-electron chi connectivity index (χ1n) is 20.4. The van der Waals surface area contributed by atoms with E-state index in [1.165, 1.54) is 44.4 Å². The van der Waals surface area contributed by atoms with E-state index in [1.54, 1.807) is 62.4 Å². The Kier molecular flexibility index (Phi) is 16.8. The van der Waals surface area contributed by atoms with Crippen LogP contribution in [0.4, 0.5) is 5.69 Å². The molecule has 9 unspecified atom stereocenters. The number of nitrogens with one attached hydrogen (secondary N) is 1. The number of ketones is 1. The summed E-state index contributed by atoms with van der Waals surface area (Å²) in [5.41, 5.74) is -1.15. The van der Waals surface area contributed by atoms with E-state index >= 15 is 0 Å². The average Bonchev–Trinajstić information content (AvgIpc) is 3.80. The van der Waals surface area contributed by atoms with Gasteiger partial charge >= 0.3 is 11.9 Å². The molecule has 2 radical (unpaired) electrons. The monoisotopic (exact) mass is 1310 g/mol. The minimum Gasteiger partial charge on any atom is -0.467 e. The number of Topliss-reactive ketones (excluding diaryl/α,β-unsaturated/α-hetero) is 1. The molecular formula is C47H52Ac2N2O13. The molecule has 1 amide bonds. The second-order valence-corrected chi connectivity index (χ2v) is 17.2. The van der Waals surface area contributed by atoms with Crippen molar-refractivity contribution in [1.82, 2.24) is 5.32 Å². The molecule has 2 saturated carbocycles. The number of nitrogen functional groups attached to an aromatic ring is 1. The fourth-order valence-corrected chi connectivity index (χ4v) is 9.76. The number of furan rings is 1. The van der Waals surface area contributed by atoms with Gasteiger partial charge in [0, 0.05) is 124 Å². The first-order valence-corrected chi connectivity index (χ1v) is 20.4. The standard InChI is InChI=1S/C41H45NO13.C6H7N.2Ac/c1-21-25(54-37(49)31(45)29(24-16-11-17-52-24)42-35(47)22-12-7-5-8-13-22)19-41(51)34(55-36(48)23-14-9-6-10-15-23)32-39(4,26(43)18-27-40(32,50)20-53-27)33(46)30(44)28(21)38(41,2)3;7-6-4-2-1-3-5-6;;/h5-17,25-27,29-32,34,43-45,50-51H,18-20H2,1-4H3,(H,42,47);1-5H,7H2;;/t25?,26?,27?,29?,30?,31?,32?,34?,39-,40+,41?;;;/m1.../s1. The van der Waals surface area contributed by atoms with Crippen LogP contribution in [-0.4, -0.2) is 104 Å². The van der Waals surface area contributed by atoms with Crippen molar-refractivity contribution in [3.63, 3.8) is 0 Å². The number of carbonyl (C=O) groups excluding carboxylic acids is 4. The van der Waals surface area contributed by atoms with E-state index in [4.69, 9.17) is 24.4 Å². The Labute approximate surface area is 442 Å². The molecule has 4 aromatic rings. The second kappa shape index (κ2) is 20.6. The molecule has 64 heavy (non-hydrogen) atoms. The van der Waals surface area contributed by atoms with Gasteiger partial charge in [-0.15, -0.1) is 0 Å². The first kappa shape index (κ1) is 52.2. The maximum atomic E-state index is 14.7. The van der Waals surface area contributed by atoms with Crippen molar-refractivity contribution in [3.8, 4) is 0 Å². The van der Waals surface area contributed by atoms with Gasteiger partial charge in [0.15, 0.2) is 11.9 Å². The van der Waals surface area contributed by atoms with Crippen LogP contribution in [0.2, 0.25) is 0 Å². The van der Waals surface area contributed by atoms with E-state index in [0.29, 0.717) is 0 Å². The van der Waals surface area contributed by atoms with Crippen LogP contribution in [0.5, 0.6) is 0 Å². The Morgan fingerprint density at radius 3 is 1.94 bits per heavy atom. The van der Waals surface area contributed by atoms with Crippen LogP contribution >= 0.6 is 0 Å². The SMILES string of the molecule is CC1=C2C(O)C(=O)[C@]3(C)C(O)CC4OC[C@@]4(O)C3C(OC(=O)c3ccccc3)C(O)(CC1OC(=O)C(O)C(NC(=O)c1ccccc1)c1ccco1)C2(C)C.Nc1ccccc1.[Ac].[Ac]. The molecular weight excluding hydrogens is 1250 g/mol. The van der Waals surface area contributed by atoms with Crippen molar-refractivity contribution in [3.05, 3.63) is 137 Å². The van der Waals surface area contributed by atoms with E-state index < -0.39 is 101 Å². The molecule has 334 valence electrons. The minimum absolute atomic E-state index is 0. The molecule has 2 heterocycles. The third-order valence-electron chi connectivity index (χ3n) is 13.4. The number of benzene rings is 3. The van der Waals surface area contributed by atoms with E-state index in [2.05, 4.69) is 5.32 Å². The number of hydrogen-bond donors (Lipinski definition) is 7. The predicted molar refractivity (Wildman–Crippen MR) is 222 cm³/mol. The summed E-state index contributed by atoms with van der Waals surface area (Å²) < 4.78 is 23.2. The molecule has 4 aliphatic rings. The summed E-state index contributed by atoms with van der Waals surface area (Å²) in [4.78, 5) is 55.7. The van der Waals surface area contributed by atoms with Crippen molar-refractivity contribution in [1.29, 1.82) is 0 Å². The Morgan fingerprint density at radius 1 is 0.844 bits per heavy atom. The Bertz CT molecular complexity index is 2320. The van der Waals surface area contributed by atoms with Crippen LogP contribution in [0.1, 0.15) is 73.1 Å². The maximum Gasteiger partial charge on any atom is 0.338 e. The van der Waals surface area contributed by atoms with Crippen molar-refractivity contribution < 1.29 is 151 Å². The van der Waals surface area contributed by atoms with Gasteiger partial charge in [0.2, 0.25) is 0 Å². The summed E-state index contributed by atoms with van der Waals surface area (Å²) in [6.45, 7) is 5.66.